The molecule has 88 valence electrons. The van der Waals surface area contributed by atoms with Gasteiger partial charge in [-0.1, -0.05) is 0 Å². The minimum atomic E-state index is -0.898. The minimum Gasteiger partial charge on any atom is -0.477 e. The second kappa shape index (κ2) is 4.47. The third-order valence-electron chi connectivity index (χ3n) is 2.77. The molecule has 2 rings (SSSR count). The molecule has 5 nitrogen and oxygen atoms in total. The average molecular weight is 288 g/mol. The predicted octanol–water partition coefficient (Wildman–Crippen LogP) is 0.832. The van der Waals surface area contributed by atoms with Crippen molar-refractivity contribution in [3.8, 4) is 0 Å². The number of nitrogens with zero attached hydrogens (tertiary/aromatic N) is 3. The molecule has 1 N–H and O–H groups in total. The summed E-state index contributed by atoms with van der Waals surface area (Å²) in [5.41, 5.74) is 0.302. The Kier molecular flexibility index (Phi) is 3.20. The topological polar surface area (TPSA) is 48.7 Å². The fourth-order valence-corrected chi connectivity index (χ4v) is 2.24. The maximum Gasteiger partial charge on any atom is 0.354 e. The van der Waals surface area contributed by atoms with Crippen LogP contribution in [0, 0.1) is 0 Å². The monoisotopic (exact) mass is 287 g/mol. The van der Waals surface area contributed by atoms with Crippen molar-refractivity contribution in [3.63, 3.8) is 0 Å². The Balaban J connectivity index is 2.22. The minimum absolute atomic E-state index is 0.302. The number of carboxylic acid groups (broad SMARTS) is 1. The van der Waals surface area contributed by atoms with E-state index in [-0.39, 0.29) is 0 Å². The van der Waals surface area contributed by atoms with Crippen LogP contribution in [0.25, 0.3) is 0 Å². The van der Waals surface area contributed by atoms with Gasteiger partial charge in [0.2, 0.25) is 0 Å². The summed E-state index contributed by atoms with van der Waals surface area (Å²) >= 11 is 3.31. The van der Waals surface area contributed by atoms with E-state index in [1.54, 1.807) is 16.9 Å². The van der Waals surface area contributed by atoms with Gasteiger partial charge in [0.1, 0.15) is 5.69 Å². The van der Waals surface area contributed by atoms with Gasteiger partial charge >= 0.3 is 5.97 Å². The summed E-state index contributed by atoms with van der Waals surface area (Å²) < 4.78 is 2.52. The van der Waals surface area contributed by atoms with Gasteiger partial charge in [0.25, 0.3) is 0 Å². The lowest BCUT2D eigenvalue weighted by Gasteiger charge is -2.35. The Morgan fingerprint density at radius 2 is 2.00 bits per heavy atom. The number of carboxylic acids is 1. The van der Waals surface area contributed by atoms with Crippen molar-refractivity contribution in [1.29, 1.82) is 0 Å². The van der Waals surface area contributed by atoms with Crippen molar-refractivity contribution < 1.29 is 9.90 Å². The molecular weight excluding hydrogens is 274 g/mol. The molecule has 0 atom stereocenters. The van der Waals surface area contributed by atoms with Gasteiger partial charge in [0.05, 0.1) is 0 Å². The molecule has 0 aromatic carbocycles. The van der Waals surface area contributed by atoms with Crippen LogP contribution in [0.3, 0.4) is 0 Å². The molecule has 0 unspecified atom stereocenters. The fraction of sp³-hybridized carbons (Fsp3) is 0.500. The van der Waals surface area contributed by atoms with Crippen LogP contribution in [-0.4, -0.2) is 53.9 Å². The van der Waals surface area contributed by atoms with Crippen LogP contribution in [0.2, 0.25) is 0 Å². The first-order chi connectivity index (χ1) is 7.58. The Labute approximate surface area is 102 Å². The predicted molar refractivity (Wildman–Crippen MR) is 64.5 cm³/mol. The van der Waals surface area contributed by atoms with Gasteiger partial charge in [-0.25, -0.2) is 4.79 Å². The van der Waals surface area contributed by atoms with Crippen LogP contribution in [0.1, 0.15) is 10.5 Å². The van der Waals surface area contributed by atoms with E-state index in [1.807, 2.05) is 5.01 Å². The molecule has 0 aliphatic carbocycles. The summed E-state index contributed by atoms with van der Waals surface area (Å²) in [6, 6.07) is 1.63. The lowest BCUT2D eigenvalue weighted by molar-refractivity contribution is 0.0683. The molecular formula is C10H14BrN3O2. The third kappa shape index (κ3) is 2.22. The number of aromatic nitrogens is 1. The Hall–Kier alpha value is -1.01. The van der Waals surface area contributed by atoms with E-state index in [0.29, 0.717) is 5.69 Å². The molecule has 0 spiro atoms. The highest BCUT2D eigenvalue weighted by Crippen LogP contribution is 2.16. The second-order valence-electron chi connectivity index (χ2n) is 3.95. The van der Waals surface area contributed by atoms with Crippen LogP contribution in [0.4, 0.5) is 0 Å². The molecule has 1 aromatic rings. The van der Waals surface area contributed by atoms with E-state index in [4.69, 9.17) is 5.11 Å². The number of rotatable bonds is 2. The van der Waals surface area contributed by atoms with Crippen molar-refractivity contribution in [1.82, 2.24) is 9.58 Å². The van der Waals surface area contributed by atoms with Crippen molar-refractivity contribution in [3.05, 3.63) is 22.4 Å². The number of carbonyl (C=O) groups is 1. The van der Waals surface area contributed by atoms with E-state index in [0.717, 1.165) is 30.7 Å². The van der Waals surface area contributed by atoms with E-state index in [2.05, 4.69) is 27.9 Å². The molecule has 16 heavy (non-hydrogen) atoms. The molecule has 1 fully saturated rings. The second-order valence-corrected chi connectivity index (χ2v) is 4.87. The van der Waals surface area contributed by atoms with Crippen LogP contribution in [0.5, 0.6) is 0 Å². The maximum absolute atomic E-state index is 11.1. The van der Waals surface area contributed by atoms with Crippen LogP contribution >= 0.6 is 15.9 Å². The Morgan fingerprint density at radius 1 is 1.38 bits per heavy atom. The first-order valence-electron chi connectivity index (χ1n) is 5.13. The van der Waals surface area contributed by atoms with Crippen molar-refractivity contribution in [2.75, 3.05) is 38.2 Å². The summed E-state index contributed by atoms with van der Waals surface area (Å²) in [7, 11) is 2.07. The SMILES string of the molecule is CN1CCN(n2cc(Br)cc2C(=O)O)CC1. The molecule has 0 bridgehead atoms. The van der Waals surface area contributed by atoms with Gasteiger partial charge in [0.15, 0.2) is 0 Å². The van der Waals surface area contributed by atoms with Gasteiger partial charge in [0, 0.05) is 36.8 Å². The van der Waals surface area contributed by atoms with Gasteiger partial charge in [-0.3, -0.25) is 4.68 Å². The normalized spacial score (nSPS) is 17.8. The van der Waals surface area contributed by atoms with Gasteiger partial charge < -0.3 is 15.0 Å². The lowest BCUT2D eigenvalue weighted by atomic mass is 10.4. The zero-order chi connectivity index (χ0) is 11.7. The summed E-state index contributed by atoms with van der Waals surface area (Å²) in [4.78, 5) is 13.3. The maximum atomic E-state index is 11.1. The molecule has 1 aromatic heterocycles. The van der Waals surface area contributed by atoms with Crippen molar-refractivity contribution in [2.45, 2.75) is 0 Å². The van der Waals surface area contributed by atoms with Gasteiger partial charge in [-0.15, -0.1) is 0 Å². The number of likely N-dealkylation sites (N-methyl/N-ethyl adjacent to an activating group) is 1. The number of aromatic carboxylic acids is 1. The average Bonchev–Trinajstić information content (AvgIpc) is 2.61. The first-order valence-corrected chi connectivity index (χ1v) is 5.92. The standard InChI is InChI=1S/C10H14BrN3O2/c1-12-2-4-13(5-3-12)14-7-8(11)6-9(14)10(15)16/h6-7H,2-5H2,1H3,(H,15,16). The van der Waals surface area contributed by atoms with Crippen LogP contribution < -0.4 is 5.01 Å². The molecule has 1 aliphatic heterocycles. The Morgan fingerprint density at radius 3 is 2.56 bits per heavy atom. The van der Waals surface area contributed by atoms with Crippen molar-refractivity contribution in [2.24, 2.45) is 0 Å². The fourth-order valence-electron chi connectivity index (χ4n) is 1.83. The summed E-state index contributed by atoms with van der Waals surface area (Å²) in [5, 5.41) is 11.1. The molecule has 1 saturated heterocycles. The molecule has 1 aliphatic rings. The van der Waals surface area contributed by atoms with E-state index < -0.39 is 5.97 Å². The lowest BCUT2D eigenvalue weighted by Crippen LogP contribution is -2.50. The quantitative estimate of drug-likeness (QED) is 0.876. The Bertz CT molecular complexity index is 397. The summed E-state index contributed by atoms with van der Waals surface area (Å²) in [5.74, 6) is -0.898. The van der Waals surface area contributed by atoms with E-state index >= 15 is 0 Å². The first kappa shape index (κ1) is 11.5. The highest BCUT2D eigenvalue weighted by molar-refractivity contribution is 9.10. The van der Waals surface area contributed by atoms with E-state index in [9.17, 15) is 4.79 Å². The molecule has 0 amide bonds. The molecule has 6 heteroatoms. The number of halogens is 1. The molecule has 0 saturated carbocycles. The molecule has 2 heterocycles. The van der Waals surface area contributed by atoms with Gasteiger partial charge in [-0.2, -0.15) is 0 Å². The zero-order valence-electron chi connectivity index (χ0n) is 9.06. The van der Waals surface area contributed by atoms with Gasteiger partial charge in [-0.05, 0) is 29.0 Å². The number of hydrogen-bond acceptors (Lipinski definition) is 3. The van der Waals surface area contributed by atoms with E-state index in [1.165, 1.54) is 0 Å². The molecule has 0 radical (unpaired) electrons. The van der Waals surface area contributed by atoms with Crippen molar-refractivity contribution >= 4 is 21.9 Å². The summed E-state index contributed by atoms with van der Waals surface area (Å²) in [6.07, 6.45) is 1.80. The number of hydrogen-bond donors (Lipinski definition) is 1. The van der Waals surface area contributed by atoms with Crippen LogP contribution in [0.15, 0.2) is 16.7 Å². The zero-order valence-corrected chi connectivity index (χ0v) is 10.6. The third-order valence-corrected chi connectivity index (χ3v) is 3.20. The summed E-state index contributed by atoms with van der Waals surface area (Å²) in [6.45, 7) is 3.60. The van der Waals surface area contributed by atoms with Crippen LogP contribution in [-0.2, 0) is 0 Å². The number of piperazine rings is 1. The highest BCUT2D eigenvalue weighted by Gasteiger charge is 2.19. The smallest absolute Gasteiger partial charge is 0.354 e. The highest BCUT2D eigenvalue weighted by atomic mass is 79.9. The largest absolute Gasteiger partial charge is 0.477 e.